The first-order chi connectivity index (χ1) is 12.8. The standard InChI is InChI=1S/C16H19N5O4S2/c1-8-14(9(2)21(4)18-8)27(22,23)20-16-13(15-17-10(3)19-25-15)11-5-6-24-7-12(11)26-16/h20H,5-7H2,1-4H3. The molecule has 4 heterocycles. The second kappa shape index (κ2) is 6.43. The van der Waals surface area contributed by atoms with Crippen LogP contribution in [0.15, 0.2) is 9.42 Å². The molecule has 3 aromatic rings. The fourth-order valence-electron chi connectivity index (χ4n) is 3.25. The van der Waals surface area contributed by atoms with Gasteiger partial charge in [-0.1, -0.05) is 5.16 Å². The zero-order valence-electron chi connectivity index (χ0n) is 15.4. The third-order valence-corrected chi connectivity index (χ3v) is 7.35. The van der Waals surface area contributed by atoms with E-state index in [-0.39, 0.29) is 4.90 Å². The van der Waals surface area contributed by atoms with Gasteiger partial charge in [0.2, 0.25) is 0 Å². The Labute approximate surface area is 160 Å². The van der Waals surface area contributed by atoms with Gasteiger partial charge in [-0.2, -0.15) is 10.1 Å². The van der Waals surface area contributed by atoms with Gasteiger partial charge in [-0.05, 0) is 32.8 Å². The van der Waals surface area contributed by atoms with Crippen LogP contribution in [0.25, 0.3) is 11.5 Å². The lowest BCUT2D eigenvalue weighted by atomic mass is 10.1. The van der Waals surface area contributed by atoms with Crippen LogP contribution in [0.5, 0.6) is 0 Å². The van der Waals surface area contributed by atoms with Gasteiger partial charge in [0.25, 0.3) is 15.9 Å². The molecule has 0 aromatic carbocycles. The van der Waals surface area contributed by atoms with Crippen molar-refractivity contribution in [3.8, 4) is 11.5 Å². The van der Waals surface area contributed by atoms with E-state index in [1.165, 1.54) is 11.3 Å². The number of aromatic nitrogens is 4. The summed E-state index contributed by atoms with van der Waals surface area (Å²) in [6.07, 6.45) is 0.662. The highest BCUT2D eigenvalue weighted by atomic mass is 32.2. The van der Waals surface area contributed by atoms with Crippen molar-refractivity contribution in [1.82, 2.24) is 19.9 Å². The number of thiophene rings is 1. The number of hydrogen-bond acceptors (Lipinski definition) is 8. The molecule has 0 spiro atoms. The lowest BCUT2D eigenvalue weighted by Gasteiger charge is -2.12. The largest absolute Gasteiger partial charge is 0.376 e. The van der Waals surface area contributed by atoms with Crippen LogP contribution >= 0.6 is 11.3 Å². The Morgan fingerprint density at radius 3 is 2.67 bits per heavy atom. The number of fused-ring (bicyclic) bond motifs is 1. The molecule has 1 N–H and O–H groups in total. The van der Waals surface area contributed by atoms with Crippen LogP contribution < -0.4 is 4.72 Å². The SMILES string of the molecule is Cc1noc(-c2c(NS(=O)(=O)c3c(C)nn(C)c3C)sc3c2CCOC3)n1. The zero-order chi connectivity index (χ0) is 19.3. The molecule has 9 nitrogen and oxygen atoms in total. The summed E-state index contributed by atoms with van der Waals surface area (Å²) in [5.41, 5.74) is 2.65. The number of rotatable bonds is 4. The van der Waals surface area contributed by atoms with Crippen molar-refractivity contribution in [1.29, 1.82) is 0 Å². The quantitative estimate of drug-likeness (QED) is 0.704. The van der Waals surface area contributed by atoms with Gasteiger partial charge in [-0.25, -0.2) is 8.42 Å². The molecule has 11 heteroatoms. The summed E-state index contributed by atoms with van der Waals surface area (Å²) < 4.78 is 41.3. The number of anilines is 1. The molecular weight excluding hydrogens is 390 g/mol. The predicted molar refractivity (Wildman–Crippen MR) is 99.2 cm³/mol. The van der Waals surface area contributed by atoms with E-state index in [4.69, 9.17) is 9.26 Å². The maximum Gasteiger partial charge on any atom is 0.266 e. The van der Waals surface area contributed by atoms with Gasteiger partial charge in [0, 0.05) is 11.9 Å². The number of hydrogen-bond donors (Lipinski definition) is 1. The van der Waals surface area contributed by atoms with E-state index < -0.39 is 10.0 Å². The molecule has 0 saturated heterocycles. The summed E-state index contributed by atoms with van der Waals surface area (Å²) in [6, 6.07) is 0. The molecule has 1 aliphatic rings. The Morgan fingerprint density at radius 1 is 1.26 bits per heavy atom. The smallest absolute Gasteiger partial charge is 0.266 e. The fraction of sp³-hybridized carbons (Fsp3) is 0.438. The van der Waals surface area contributed by atoms with E-state index in [1.54, 1.807) is 32.5 Å². The highest BCUT2D eigenvalue weighted by molar-refractivity contribution is 7.93. The molecule has 1 aliphatic heterocycles. The van der Waals surface area contributed by atoms with Crippen molar-refractivity contribution in [3.05, 3.63) is 27.7 Å². The number of aryl methyl sites for hydroxylation is 3. The molecule has 3 aromatic heterocycles. The molecule has 0 fully saturated rings. The second-order valence-electron chi connectivity index (χ2n) is 6.39. The third-order valence-electron chi connectivity index (χ3n) is 4.50. The summed E-state index contributed by atoms with van der Waals surface area (Å²) in [4.78, 5) is 5.44. The van der Waals surface area contributed by atoms with Crippen LogP contribution in [-0.4, -0.2) is 34.9 Å². The summed E-state index contributed by atoms with van der Waals surface area (Å²) in [6.45, 7) is 6.13. The van der Waals surface area contributed by atoms with Gasteiger partial charge in [-0.3, -0.25) is 9.40 Å². The molecule has 144 valence electrons. The molecule has 4 rings (SSSR count). The molecule has 0 radical (unpaired) electrons. The van der Waals surface area contributed by atoms with E-state index in [9.17, 15) is 8.42 Å². The molecule has 0 atom stereocenters. The van der Waals surface area contributed by atoms with Gasteiger partial charge in [-0.15, -0.1) is 11.3 Å². The average Bonchev–Trinajstić information content (AvgIpc) is 3.23. The van der Waals surface area contributed by atoms with Crippen LogP contribution in [0.4, 0.5) is 5.00 Å². The molecule has 27 heavy (non-hydrogen) atoms. The molecule has 0 aliphatic carbocycles. The summed E-state index contributed by atoms with van der Waals surface area (Å²) in [7, 11) is -2.11. The monoisotopic (exact) mass is 409 g/mol. The maximum absolute atomic E-state index is 13.1. The lowest BCUT2D eigenvalue weighted by molar-refractivity contribution is 0.113. The number of sulfonamides is 1. The molecule has 0 saturated carbocycles. The minimum absolute atomic E-state index is 0.181. The zero-order valence-corrected chi connectivity index (χ0v) is 17.0. The maximum atomic E-state index is 13.1. The van der Waals surface area contributed by atoms with E-state index in [1.807, 2.05) is 0 Å². The molecule has 0 bridgehead atoms. The van der Waals surface area contributed by atoms with Gasteiger partial charge < -0.3 is 9.26 Å². The van der Waals surface area contributed by atoms with Crippen LogP contribution in [0.1, 0.15) is 27.7 Å². The van der Waals surface area contributed by atoms with Crippen molar-refractivity contribution in [2.45, 2.75) is 38.7 Å². The Morgan fingerprint density at radius 2 is 2.04 bits per heavy atom. The minimum Gasteiger partial charge on any atom is -0.376 e. The van der Waals surface area contributed by atoms with Crippen molar-refractivity contribution in [2.75, 3.05) is 11.3 Å². The van der Waals surface area contributed by atoms with Crippen LogP contribution in [0.2, 0.25) is 0 Å². The van der Waals surface area contributed by atoms with Gasteiger partial charge >= 0.3 is 0 Å². The van der Waals surface area contributed by atoms with E-state index in [0.717, 1.165) is 10.4 Å². The van der Waals surface area contributed by atoms with Gasteiger partial charge in [0.1, 0.15) is 9.90 Å². The van der Waals surface area contributed by atoms with E-state index >= 15 is 0 Å². The van der Waals surface area contributed by atoms with Crippen molar-refractivity contribution in [3.63, 3.8) is 0 Å². The van der Waals surface area contributed by atoms with Crippen LogP contribution in [-0.2, 0) is 34.8 Å². The summed E-state index contributed by atoms with van der Waals surface area (Å²) in [5.74, 6) is 0.800. The topological polar surface area (TPSA) is 112 Å². The van der Waals surface area contributed by atoms with Gasteiger partial charge in [0.15, 0.2) is 5.82 Å². The second-order valence-corrected chi connectivity index (χ2v) is 9.11. The number of nitrogens with zero attached hydrogens (tertiary/aromatic N) is 4. The van der Waals surface area contributed by atoms with Crippen molar-refractivity contribution < 1.29 is 17.7 Å². The number of nitrogens with one attached hydrogen (secondary N) is 1. The summed E-state index contributed by atoms with van der Waals surface area (Å²) >= 11 is 1.34. The number of ether oxygens (including phenoxy) is 1. The Hall–Kier alpha value is -2.24. The van der Waals surface area contributed by atoms with E-state index in [2.05, 4.69) is 20.0 Å². The molecular formula is C16H19N5O4S2. The fourth-order valence-corrected chi connectivity index (χ4v) is 6.17. The first-order valence-corrected chi connectivity index (χ1v) is 10.6. The van der Waals surface area contributed by atoms with Crippen LogP contribution in [0.3, 0.4) is 0 Å². The Bertz CT molecular complexity index is 1130. The Kier molecular flexibility index (Phi) is 4.32. The lowest BCUT2D eigenvalue weighted by Crippen LogP contribution is -2.15. The first kappa shape index (κ1) is 18.1. The predicted octanol–water partition coefficient (Wildman–Crippen LogP) is 2.33. The van der Waals surface area contributed by atoms with E-state index in [0.29, 0.717) is 53.3 Å². The van der Waals surface area contributed by atoms with Gasteiger partial charge in [0.05, 0.1) is 30.2 Å². The van der Waals surface area contributed by atoms with Crippen LogP contribution in [0, 0.1) is 20.8 Å². The molecule has 0 unspecified atom stereocenters. The normalized spacial score (nSPS) is 14.4. The third kappa shape index (κ3) is 3.05. The average molecular weight is 409 g/mol. The highest BCUT2D eigenvalue weighted by Gasteiger charge is 2.30. The molecule has 0 amide bonds. The first-order valence-electron chi connectivity index (χ1n) is 8.34. The Balaban J connectivity index is 1.83. The minimum atomic E-state index is -3.83. The highest BCUT2D eigenvalue weighted by Crippen LogP contribution is 2.43. The van der Waals surface area contributed by atoms with Crippen molar-refractivity contribution >= 4 is 26.4 Å². The summed E-state index contributed by atoms with van der Waals surface area (Å²) in [5, 5.41) is 8.51. The van der Waals surface area contributed by atoms with Crippen molar-refractivity contribution in [2.24, 2.45) is 7.05 Å².